The van der Waals surface area contributed by atoms with Gasteiger partial charge in [0, 0.05) is 31.8 Å². The summed E-state index contributed by atoms with van der Waals surface area (Å²) >= 11 is 0. The molecule has 0 amide bonds. The molecule has 1 unspecified atom stereocenters. The first-order chi connectivity index (χ1) is 7.17. The van der Waals surface area contributed by atoms with E-state index in [-0.39, 0.29) is 6.04 Å². The van der Waals surface area contributed by atoms with Crippen molar-refractivity contribution in [1.29, 1.82) is 0 Å². The van der Waals surface area contributed by atoms with E-state index in [2.05, 4.69) is 16.6 Å². The molecule has 3 N–H and O–H groups in total. The van der Waals surface area contributed by atoms with Gasteiger partial charge < -0.3 is 4.74 Å². The van der Waals surface area contributed by atoms with Crippen molar-refractivity contribution >= 4 is 0 Å². The highest BCUT2D eigenvalue weighted by atomic mass is 16.5. The van der Waals surface area contributed by atoms with Gasteiger partial charge in [-0.15, -0.1) is 0 Å². The van der Waals surface area contributed by atoms with Crippen LogP contribution in [0.25, 0.3) is 0 Å². The maximum Gasteiger partial charge on any atom is 0.0636 e. The molecule has 5 nitrogen and oxygen atoms in total. The molecule has 0 bridgehead atoms. The second kappa shape index (κ2) is 5.85. The molecule has 0 saturated carbocycles. The second-order valence-electron chi connectivity index (χ2n) is 3.63. The molecule has 0 saturated heterocycles. The van der Waals surface area contributed by atoms with E-state index < -0.39 is 0 Å². The SMILES string of the molecule is CCOCC(Cc1cc(C)nn1C)NN. The molecule has 5 heteroatoms. The first-order valence-electron chi connectivity index (χ1n) is 5.20. The Labute approximate surface area is 90.6 Å². The van der Waals surface area contributed by atoms with Crippen LogP contribution in [0.1, 0.15) is 18.3 Å². The molecule has 0 radical (unpaired) electrons. The molecular weight excluding hydrogens is 192 g/mol. The van der Waals surface area contributed by atoms with E-state index in [1.54, 1.807) is 0 Å². The van der Waals surface area contributed by atoms with Crippen LogP contribution < -0.4 is 11.3 Å². The third kappa shape index (κ3) is 3.62. The summed E-state index contributed by atoms with van der Waals surface area (Å²) in [4.78, 5) is 0. The Balaban J connectivity index is 2.54. The first-order valence-corrected chi connectivity index (χ1v) is 5.20. The van der Waals surface area contributed by atoms with Crippen LogP contribution in [0.4, 0.5) is 0 Å². The van der Waals surface area contributed by atoms with Crippen molar-refractivity contribution in [2.24, 2.45) is 12.9 Å². The third-order valence-corrected chi connectivity index (χ3v) is 2.31. The Morgan fingerprint density at radius 2 is 2.40 bits per heavy atom. The quantitative estimate of drug-likeness (QED) is 0.520. The molecule has 0 aromatic carbocycles. The Morgan fingerprint density at radius 3 is 2.87 bits per heavy atom. The standard InChI is InChI=1S/C10H20N4O/c1-4-15-7-9(12-11)6-10-5-8(2)13-14(10)3/h5,9,12H,4,6-7,11H2,1-3H3. The summed E-state index contributed by atoms with van der Waals surface area (Å²) in [6, 6.07) is 2.20. The van der Waals surface area contributed by atoms with Gasteiger partial charge in [-0.25, -0.2) is 0 Å². The minimum Gasteiger partial charge on any atom is -0.380 e. The molecule has 86 valence electrons. The molecule has 1 rings (SSSR count). The van der Waals surface area contributed by atoms with E-state index in [0.29, 0.717) is 13.2 Å². The number of nitrogens with one attached hydrogen (secondary N) is 1. The minimum absolute atomic E-state index is 0.139. The van der Waals surface area contributed by atoms with Gasteiger partial charge in [-0.2, -0.15) is 5.10 Å². The molecule has 1 aromatic heterocycles. The van der Waals surface area contributed by atoms with Gasteiger partial charge in [-0.3, -0.25) is 16.0 Å². The normalized spacial score (nSPS) is 13.1. The molecule has 0 spiro atoms. The molecular formula is C10H20N4O. The highest BCUT2D eigenvalue weighted by molar-refractivity contribution is 5.09. The molecule has 15 heavy (non-hydrogen) atoms. The Kier molecular flexibility index (Phi) is 4.74. The number of aryl methyl sites for hydroxylation is 2. The van der Waals surface area contributed by atoms with Crippen molar-refractivity contribution in [2.45, 2.75) is 26.3 Å². The zero-order valence-electron chi connectivity index (χ0n) is 9.66. The van der Waals surface area contributed by atoms with Crippen molar-refractivity contribution in [1.82, 2.24) is 15.2 Å². The summed E-state index contributed by atoms with van der Waals surface area (Å²) in [6.07, 6.45) is 0.827. The number of aromatic nitrogens is 2. The smallest absolute Gasteiger partial charge is 0.0636 e. The maximum absolute atomic E-state index is 5.46. The van der Waals surface area contributed by atoms with Crippen molar-refractivity contribution in [3.8, 4) is 0 Å². The summed E-state index contributed by atoms with van der Waals surface area (Å²) in [6.45, 7) is 5.29. The van der Waals surface area contributed by atoms with Gasteiger partial charge in [-0.1, -0.05) is 0 Å². The number of ether oxygens (including phenoxy) is 1. The highest BCUT2D eigenvalue weighted by Gasteiger charge is 2.11. The molecule has 1 aromatic rings. The Hall–Kier alpha value is -0.910. The van der Waals surface area contributed by atoms with Gasteiger partial charge in [0.15, 0.2) is 0 Å². The third-order valence-electron chi connectivity index (χ3n) is 2.31. The fourth-order valence-corrected chi connectivity index (χ4v) is 1.53. The van der Waals surface area contributed by atoms with E-state index in [0.717, 1.165) is 17.8 Å². The van der Waals surface area contributed by atoms with Crippen LogP contribution in [-0.2, 0) is 18.2 Å². The summed E-state index contributed by atoms with van der Waals surface area (Å²) in [7, 11) is 1.94. The monoisotopic (exact) mass is 212 g/mol. The van der Waals surface area contributed by atoms with Crippen molar-refractivity contribution in [3.63, 3.8) is 0 Å². The zero-order chi connectivity index (χ0) is 11.3. The van der Waals surface area contributed by atoms with Crippen LogP contribution in [0.3, 0.4) is 0 Å². The van der Waals surface area contributed by atoms with Crippen LogP contribution in [-0.4, -0.2) is 29.0 Å². The number of rotatable bonds is 6. The first kappa shape index (κ1) is 12.2. The number of nitrogens with two attached hydrogens (primary N) is 1. The lowest BCUT2D eigenvalue weighted by Crippen LogP contribution is -2.40. The molecule has 0 fully saturated rings. The average molecular weight is 212 g/mol. The summed E-state index contributed by atoms with van der Waals surface area (Å²) in [5.41, 5.74) is 4.95. The highest BCUT2D eigenvalue weighted by Crippen LogP contribution is 2.05. The van der Waals surface area contributed by atoms with Gasteiger partial charge >= 0.3 is 0 Å². The Morgan fingerprint density at radius 1 is 1.67 bits per heavy atom. The topological polar surface area (TPSA) is 65.1 Å². The van der Waals surface area contributed by atoms with Gasteiger partial charge in [0.1, 0.15) is 0 Å². The van der Waals surface area contributed by atoms with E-state index in [9.17, 15) is 0 Å². The summed E-state index contributed by atoms with van der Waals surface area (Å²) < 4.78 is 7.21. The number of hydrogen-bond donors (Lipinski definition) is 2. The largest absolute Gasteiger partial charge is 0.380 e. The second-order valence-corrected chi connectivity index (χ2v) is 3.63. The van der Waals surface area contributed by atoms with Crippen molar-refractivity contribution < 1.29 is 4.74 Å². The predicted molar refractivity (Wildman–Crippen MR) is 59.3 cm³/mol. The molecule has 0 aliphatic heterocycles. The van der Waals surface area contributed by atoms with E-state index in [1.165, 1.54) is 0 Å². The summed E-state index contributed by atoms with van der Waals surface area (Å²) in [5.74, 6) is 5.46. The molecule has 1 atom stereocenters. The van der Waals surface area contributed by atoms with Crippen molar-refractivity contribution in [2.75, 3.05) is 13.2 Å². The van der Waals surface area contributed by atoms with Crippen LogP contribution >= 0.6 is 0 Å². The van der Waals surface area contributed by atoms with E-state index in [4.69, 9.17) is 10.6 Å². The Bertz CT molecular complexity index is 298. The van der Waals surface area contributed by atoms with Gasteiger partial charge in [-0.05, 0) is 19.9 Å². The zero-order valence-corrected chi connectivity index (χ0v) is 9.66. The fraction of sp³-hybridized carbons (Fsp3) is 0.700. The lowest BCUT2D eigenvalue weighted by atomic mass is 10.1. The molecule has 1 heterocycles. The number of nitrogens with zero attached hydrogens (tertiary/aromatic N) is 2. The fourth-order valence-electron chi connectivity index (χ4n) is 1.53. The van der Waals surface area contributed by atoms with Gasteiger partial charge in [0.25, 0.3) is 0 Å². The van der Waals surface area contributed by atoms with Crippen LogP contribution in [0.5, 0.6) is 0 Å². The molecule has 0 aliphatic rings. The lowest BCUT2D eigenvalue weighted by Gasteiger charge is -2.15. The predicted octanol–water partition coefficient (Wildman–Crippen LogP) is 0.139. The van der Waals surface area contributed by atoms with Gasteiger partial charge in [0.05, 0.1) is 12.3 Å². The summed E-state index contributed by atoms with van der Waals surface area (Å²) in [5, 5.41) is 4.29. The molecule has 0 aliphatic carbocycles. The van der Waals surface area contributed by atoms with Crippen LogP contribution in [0.2, 0.25) is 0 Å². The van der Waals surface area contributed by atoms with E-state index in [1.807, 2.05) is 25.6 Å². The lowest BCUT2D eigenvalue weighted by molar-refractivity contribution is 0.122. The van der Waals surface area contributed by atoms with E-state index >= 15 is 0 Å². The average Bonchev–Trinajstić information content (AvgIpc) is 2.52. The number of hydrogen-bond acceptors (Lipinski definition) is 4. The minimum atomic E-state index is 0.139. The van der Waals surface area contributed by atoms with Gasteiger partial charge in [0.2, 0.25) is 0 Å². The number of hydrazine groups is 1. The van der Waals surface area contributed by atoms with Crippen LogP contribution in [0.15, 0.2) is 6.07 Å². The van der Waals surface area contributed by atoms with Crippen molar-refractivity contribution in [3.05, 3.63) is 17.5 Å². The maximum atomic E-state index is 5.46. The van der Waals surface area contributed by atoms with Crippen LogP contribution in [0, 0.1) is 6.92 Å².